The van der Waals surface area contributed by atoms with Crippen molar-refractivity contribution in [2.45, 2.75) is 63.0 Å². The third-order valence-corrected chi connectivity index (χ3v) is 8.24. The van der Waals surface area contributed by atoms with E-state index >= 15 is 4.39 Å². The molecule has 3 fully saturated rings. The number of alkyl halides is 1. The average Bonchev–Trinajstić information content (AvgIpc) is 2.96. The Kier molecular flexibility index (Phi) is 4.16. The van der Waals surface area contributed by atoms with Crippen molar-refractivity contribution in [2.24, 2.45) is 33.0 Å². The molecule has 30 heavy (non-hydrogen) atoms. The number of oxime groups is 2. The molecule has 166 valence electrons. The van der Waals surface area contributed by atoms with Crippen molar-refractivity contribution in [2.75, 3.05) is 6.61 Å². The molecule has 9 heteroatoms. The summed E-state index contributed by atoms with van der Waals surface area (Å²) in [5.74, 6) is -1.91. The predicted molar refractivity (Wildman–Crippen MR) is 105 cm³/mol. The van der Waals surface area contributed by atoms with Gasteiger partial charge in [0.25, 0.3) is 0 Å². The van der Waals surface area contributed by atoms with Gasteiger partial charge in [-0.3, -0.25) is 0 Å². The highest BCUT2D eigenvalue weighted by Gasteiger charge is 2.75. The monoisotopic (exact) mass is 426 g/mol. The summed E-state index contributed by atoms with van der Waals surface area (Å²) in [5, 5.41) is 68.0. The molecule has 8 nitrogen and oxygen atoms in total. The lowest BCUT2D eigenvalue weighted by Crippen LogP contribution is -2.69. The van der Waals surface area contributed by atoms with Gasteiger partial charge in [-0.25, -0.2) is 4.39 Å². The maximum absolute atomic E-state index is 17.3. The van der Waals surface area contributed by atoms with Gasteiger partial charge < -0.3 is 30.8 Å². The van der Waals surface area contributed by atoms with Gasteiger partial charge in [0.05, 0.1) is 20.2 Å². The highest BCUT2D eigenvalue weighted by Crippen LogP contribution is 2.69. The first-order valence-corrected chi connectivity index (χ1v) is 10.0. The molecule has 0 aliphatic heterocycles. The molecule has 0 amide bonds. The first kappa shape index (κ1) is 18.9. The summed E-state index contributed by atoms with van der Waals surface area (Å²) in [7, 11) is 0. The minimum Gasteiger partial charge on any atom is -0.411 e. The van der Waals surface area contributed by atoms with Gasteiger partial charge in [-0.1, -0.05) is 28.9 Å². The molecular formula is C21H29FN2O6. The van der Waals surface area contributed by atoms with Gasteiger partial charge >= 0.3 is 0 Å². The lowest BCUT2D eigenvalue weighted by Gasteiger charge is -2.62. The normalized spacial score (nSPS) is 57.8. The minimum absolute atomic E-state index is 0.145. The topological polar surface area (TPSA) is 146 Å². The summed E-state index contributed by atoms with van der Waals surface area (Å²) >= 11 is 0. The number of nitrogens with zero attached hydrogens (tertiary/aromatic N) is 2. The zero-order valence-electron chi connectivity index (χ0n) is 18.8. The minimum atomic E-state index is -3.05. The summed E-state index contributed by atoms with van der Waals surface area (Å²) in [6, 6.07) is 0. The van der Waals surface area contributed by atoms with Crippen LogP contribution in [0.15, 0.2) is 34.1 Å². The fourth-order valence-corrected chi connectivity index (χ4v) is 6.53. The number of hydrogen-bond donors (Lipinski definition) is 6. The molecule has 0 heterocycles. The van der Waals surface area contributed by atoms with E-state index in [9.17, 15) is 25.6 Å². The van der Waals surface area contributed by atoms with Crippen molar-refractivity contribution >= 4 is 11.4 Å². The van der Waals surface area contributed by atoms with Crippen molar-refractivity contribution < 1.29 is 38.0 Å². The molecule has 0 unspecified atom stereocenters. The Morgan fingerprint density at radius 1 is 1.33 bits per heavy atom. The molecule has 0 aromatic heterocycles. The highest BCUT2D eigenvalue weighted by atomic mass is 19.1. The smallest absolute Gasteiger partial charge is 0.152 e. The van der Waals surface area contributed by atoms with Crippen LogP contribution < -0.4 is 0 Å². The van der Waals surface area contributed by atoms with E-state index in [1.54, 1.807) is 0 Å². The van der Waals surface area contributed by atoms with Crippen molar-refractivity contribution in [3.8, 4) is 0 Å². The lowest BCUT2D eigenvalue weighted by atomic mass is 9.44. The van der Waals surface area contributed by atoms with Crippen molar-refractivity contribution in [3.05, 3.63) is 23.8 Å². The van der Waals surface area contributed by atoms with E-state index in [4.69, 9.17) is 7.95 Å². The first-order chi connectivity index (χ1) is 14.8. The van der Waals surface area contributed by atoms with E-state index in [0.717, 1.165) is 0 Å². The van der Waals surface area contributed by atoms with Crippen LogP contribution in [-0.4, -0.2) is 72.3 Å². The van der Waals surface area contributed by atoms with Crippen LogP contribution in [0.4, 0.5) is 4.39 Å². The Morgan fingerprint density at radius 3 is 2.63 bits per heavy atom. The Balaban J connectivity index is 1.94. The molecule has 4 rings (SSSR count). The van der Waals surface area contributed by atoms with Crippen LogP contribution in [-0.2, 0) is 0 Å². The molecule has 0 saturated heterocycles. The van der Waals surface area contributed by atoms with Crippen LogP contribution in [0.3, 0.4) is 0 Å². The Bertz CT molecular complexity index is 957. The Labute approximate surface area is 176 Å². The molecule has 0 aromatic rings. The predicted octanol–water partition coefficient (Wildman–Crippen LogP) is 1.14. The van der Waals surface area contributed by atoms with Gasteiger partial charge in [0.1, 0.15) is 17.0 Å². The SMILES string of the molecule is [2H][C@@H]1[C@@]2(C)[C@@H](C[C@@H](O)[C@]2(O)C(CO)=NO)[C@@H]2CCC3=CC(=NO)C=C[C@]3(C)[C@@]2(F)[C@@]1([2H])O. The van der Waals surface area contributed by atoms with Gasteiger partial charge in [0.15, 0.2) is 5.67 Å². The third kappa shape index (κ3) is 2.24. The summed E-state index contributed by atoms with van der Waals surface area (Å²) in [5.41, 5.74) is -8.32. The van der Waals surface area contributed by atoms with Crippen molar-refractivity contribution in [3.63, 3.8) is 0 Å². The summed E-state index contributed by atoms with van der Waals surface area (Å²) in [6.07, 6.45) is -2.00. The number of allylic oxidation sites excluding steroid dienone is 4. The van der Waals surface area contributed by atoms with E-state index in [2.05, 4.69) is 10.3 Å². The quantitative estimate of drug-likeness (QED) is 0.222. The van der Waals surface area contributed by atoms with Crippen LogP contribution in [0, 0.1) is 22.7 Å². The number of hydrogen-bond acceptors (Lipinski definition) is 8. The molecule has 0 spiro atoms. The van der Waals surface area contributed by atoms with Gasteiger partial charge in [0, 0.05) is 18.1 Å². The molecule has 4 aliphatic carbocycles. The van der Waals surface area contributed by atoms with Crippen LogP contribution in [0.1, 0.15) is 42.2 Å². The third-order valence-electron chi connectivity index (χ3n) is 8.24. The van der Waals surface area contributed by atoms with E-state index in [1.165, 1.54) is 32.1 Å². The molecule has 0 radical (unpaired) electrons. The second-order valence-corrected chi connectivity index (χ2v) is 9.23. The van der Waals surface area contributed by atoms with Crippen molar-refractivity contribution in [1.29, 1.82) is 0 Å². The van der Waals surface area contributed by atoms with Gasteiger partial charge in [-0.2, -0.15) is 0 Å². The lowest BCUT2D eigenvalue weighted by molar-refractivity contribution is -0.210. The average molecular weight is 426 g/mol. The van der Waals surface area contributed by atoms with Gasteiger partial charge in [-0.05, 0) is 50.7 Å². The maximum Gasteiger partial charge on any atom is 0.152 e. The number of halogens is 1. The molecule has 3 saturated carbocycles. The fourth-order valence-electron chi connectivity index (χ4n) is 6.53. The Morgan fingerprint density at radius 2 is 2.03 bits per heavy atom. The largest absolute Gasteiger partial charge is 0.411 e. The number of aliphatic hydroxyl groups is 4. The van der Waals surface area contributed by atoms with E-state index < -0.39 is 64.8 Å². The van der Waals surface area contributed by atoms with Crippen LogP contribution in [0.25, 0.3) is 0 Å². The highest BCUT2D eigenvalue weighted by molar-refractivity contribution is 6.05. The number of aliphatic hydroxyl groups excluding tert-OH is 2. The zero-order valence-corrected chi connectivity index (χ0v) is 16.8. The molecule has 6 N–H and O–H groups in total. The second kappa shape index (κ2) is 6.59. The van der Waals surface area contributed by atoms with Crippen LogP contribution >= 0.6 is 0 Å². The molecule has 4 aliphatic rings. The number of rotatable bonds is 2. The summed E-state index contributed by atoms with van der Waals surface area (Å²) in [6.45, 7) is 1.96. The van der Waals surface area contributed by atoms with Gasteiger partial charge in [0.2, 0.25) is 0 Å². The molecule has 0 bridgehead atoms. The fraction of sp³-hybridized carbons (Fsp3) is 0.714. The van der Waals surface area contributed by atoms with Crippen LogP contribution in [0.2, 0.25) is 0 Å². The van der Waals surface area contributed by atoms with E-state index in [-0.39, 0.29) is 18.6 Å². The van der Waals surface area contributed by atoms with Crippen molar-refractivity contribution in [1.82, 2.24) is 0 Å². The Hall–Kier alpha value is -1.81. The van der Waals surface area contributed by atoms with E-state index in [0.29, 0.717) is 12.0 Å². The van der Waals surface area contributed by atoms with E-state index in [1.807, 2.05) is 0 Å². The zero-order chi connectivity index (χ0) is 23.9. The number of fused-ring (bicyclic) bond motifs is 5. The first-order valence-electron chi connectivity index (χ1n) is 11.1. The second-order valence-electron chi connectivity index (χ2n) is 9.23. The maximum atomic E-state index is 17.3. The van der Waals surface area contributed by atoms with Gasteiger partial charge in [-0.15, -0.1) is 0 Å². The summed E-state index contributed by atoms with van der Waals surface area (Å²) in [4.78, 5) is 0. The van der Waals surface area contributed by atoms with Crippen LogP contribution in [0.5, 0.6) is 0 Å². The molecular weight excluding hydrogens is 395 g/mol. The molecule has 0 aromatic carbocycles. The molecule has 9 atom stereocenters. The summed E-state index contributed by atoms with van der Waals surface area (Å²) < 4.78 is 34.9. The standard InChI is InChI=1S/C21H29FN2O6/c1-18-6-5-12(23-29)7-11(18)3-4-13-14-8-16(26)21(28,15(10-25)24-30)19(14,2)9-17(27)20(13,18)22/h5-7,13-14,16-17,25-30H,3-4,8-10H2,1-2H3/t13-,14-,16+,17-,18-,19-,20-,21+/m0/s1/i9D,17D/t9-,13-,14-,16+,17-,18-,19-,20-,21+.